The van der Waals surface area contributed by atoms with E-state index in [-0.39, 0.29) is 17.8 Å². The summed E-state index contributed by atoms with van der Waals surface area (Å²) in [5, 5.41) is 11.7. The second-order valence-corrected chi connectivity index (χ2v) is 4.46. The van der Waals surface area contributed by atoms with Crippen LogP contribution in [0.1, 0.15) is 31.8 Å². The van der Waals surface area contributed by atoms with Gasteiger partial charge in [0.25, 0.3) is 0 Å². The molecule has 0 spiro atoms. The van der Waals surface area contributed by atoms with Crippen molar-refractivity contribution >= 4 is 5.97 Å². The molecule has 0 aromatic carbocycles. The molecule has 0 saturated heterocycles. The molecule has 1 aromatic rings. The van der Waals surface area contributed by atoms with Crippen LogP contribution in [-0.4, -0.2) is 19.1 Å². The Hall–Kier alpha value is -1.80. The number of hydrogen-bond donors (Lipinski definition) is 1. The smallest absolute Gasteiger partial charge is 0.322 e. The number of esters is 1. The van der Waals surface area contributed by atoms with E-state index in [4.69, 9.17) is 14.4 Å². The summed E-state index contributed by atoms with van der Waals surface area (Å²) in [6, 6.07) is 4.88. The molecule has 0 aliphatic carbocycles. The molecule has 0 saturated carbocycles. The van der Waals surface area contributed by atoms with Crippen LogP contribution in [-0.2, 0) is 16.1 Å². The summed E-state index contributed by atoms with van der Waals surface area (Å²) in [6.45, 7) is 4.48. The number of furan rings is 1. The summed E-state index contributed by atoms with van der Waals surface area (Å²) in [6.07, 6.45) is 0.693. The molecule has 0 amide bonds. The van der Waals surface area contributed by atoms with E-state index in [0.29, 0.717) is 24.6 Å². The third kappa shape index (κ3) is 4.22. The van der Waals surface area contributed by atoms with Crippen molar-refractivity contribution in [1.82, 2.24) is 5.32 Å². The summed E-state index contributed by atoms with van der Waals surface area (Å²) in [4.78, 5) is 11.6. The molecule has 0 aliphatic heterocycles. The van der Waals surface area contributed by atoms with Crippen LogP contribution in [0.25, 0.3) is 0 Å². The van der Waals surface area contributed by atoms with Gasteiger partial charge >= 0.3 is 5.97 Å². The maximum absolute atomic E-state index is 11.6. The van der Waals surface area contributed by atoms with Gasteiger partial charge in [-0.1, -0.05) is 13.8 Å². The number of ether oxygens (including phenoxy) is 1. The number of nitrogens with zero attached hydrogens (tertiary/aromatic N) is 1. The molecule has 0 radical (unpaired) electrons. The van der Waals surface area contributed by atoms with Crippen LogP contribution in [0.5, 0.6) is 0 Å². The molecule has 98 valence electrons. The van der Waals surface area contributed by atoms with Crippen LogP contribution in [0.2, 0.25) is 0 Å². The van der Waals surface area contributed by atoms with E-state index in [1.165, 1.54) is 7.11 Å². The van der Waals surface area contributed by atoms with Crippen LogP contribution in [0.3, 0.4) is 0 Å². The fraction of sp³-hybridized carbons (Fsp3) is 0.538. The molecular formula is C13H18N2O3. The highest BCUT2D eigenvalue weighted by atomic mass is 16.5. The molecule has 1 heterocycles. The van der Waals surface area contributed by atoms with Gasteiger partial charge in [-0.3, -0.25) is 10.1 Å². The van der Waals surface area contributed by atoms with E-state index in [1.54, 1.807) is 12.1 Å². The molecule has 1 unspecified atom stereocenters. The van der Waals surface area contributed by atoms with Gasteiger partial charge in [0.05, 0.1) is 13.7 Å². The number of hydrogen-bond acceptors (Lipinski definition) is 5. The monoisotopic (exact) mass is 250 g/mol. The first-order valence-corrected chi connectivity index (χ1v) is 5.86. The first kappa shape index (κ1) is 14.3. The minimum Gasteiger partial charge on any atom is -0.468 e. The van der Waals surface area contributed by atoms with E-state index < -0.39 is 0 Å². The minimum absolute atomic E-state index is 0.269. The largest absolute Gasteiger partial charge is 0.468 e. The zero-order valence-electron chi connectivity index (χ0n) is 10.9. The van der Waals surface area contributed by atoms with Crippen LogP contribution in [0.4, 0.5) is 0 Å². The number of rotatable bonds is 6. The number of nitriles is 1. The summed E-state index contributed by atoms with van der Waals surface area (Å²) < 4.78 is 9.97. The summed E-state index contributed by atoms with van der Waals surface area (Å²) >= 11 is 0. The van der Waals surface area contributed by atoms with E-state index in [1.807, 2.05) is 19.9 Å². The number of nitrogens with one attached hydrogen (secondary N) is 1. The standard InChI is InChI=1S/C13H18N2O3/c1-9(2)6-12(13(16)17-3)15-8-11-5-4-10(7-14)18-11/h4-5,9,12,15H,6,8H2,1-3H3. The molecule has 5 heteroatoms. The van der Waals surface area contributed by atoms with Gasteiger partial charge < -0.3 is 9.15 Å². The molecular weight excluding hydrogens is 232 g/mol. The molecule has 1 atom stereocenters. The van der Waals surface area contributed by atoms with Crippen LogP contribution >= 0.6 is 0 Å². The Morgan fingerprint density at radius 2 is 2.28 bits per heavy atom. The van der Waals surface area contributed by atoms with Crippen LogP contribution in [0.15, 0.2) is 16.5 Å². The van der Waals surface area contributed by atoms with Crippen LogP contribution < -0.4 is 5.32 Å². The number of carbonyl (C=O) groups excluding carboxylic acids is 1. The van der Waals surface area contributed by atoms with Crippen molar-refractivity contribution in [3.8, 4) is 6.07 Å². The Balaban J connectivity index is 2.56. The third-order valence-electron chi connectivity index (χ3n) is 2.49. The van der Waals surface area contributed by atoms with Crippen molar-refractivity contribution in [1.29, 1.82) is 5.26 Å². The lowest BCUT2D eigenvalue weighted by atomic mass is 10.0. The maximum atomic E-state index is 11.6. The lowest BCUT2D eigenvalue weighted by Gasteiger charge is -2.17. The average Bonchev–Trinajstić information content (AvgIpc) is 2.81. The summed E-state index contributed by atoms with van der Waals surface area (Å²) in [5.41, 5.74) is 0. The lowest BCUT2D eigenvalue weighted by molar-refractivity contribution is -0.143. The summed E-state index contributed by atoms with van der Waals surface area (Å²) in [7, 11) is 1.37. The Kier molecular flexibility index (Phi) is 5.40. The third-order valence-corrected chi connectivity index (χ3v) is 2.49. The lowest BCUT2D eigenvalue weighted by Crippen LogP contribution is -2.38. The second kappa shape index (κ2) is 6.82. The van der Waals surface area contributed by atoms with Crippen molar-refractivity contribution in [2.75, 3.05) is 7.11 Å². The van der Waals surface area contributed by atoms with Crippen LogP contribution in [0, 0.1) is 17.2 Å². The first-order valence-electron chi connectivity index (χ1n) is 5.86. The van der Waals surface area contributed by atoms with Gasteiger partial charge in [-0.05, 0) is 24.5 Å². The molecule has 0 bridgehead atoms. The predicted octanol–water partition coefficient (Wildman–Crippen LogP) is 1.83. The fourth-order valence-corrected chi connectivity index (χ4v) is 1.63. The van der Waals surface area contributed by atoms with E-state index in [9.17, 15) is 4.79 Å². The quantitative estimate of drug-likeness (QED) is 0.779. The molecule has 0 aliphatic rings. The highest BCUT2D eigenvalue weighted by Crippen LogP contribution is 2.10. The van der Waals surface area contributed by atoms with Gasteiger partial charge in [-0.15, -0.1) is 0 Å². The molecule has 5 nitrogen and oxygen atoms in total. The van der Waals surface area contributed by atoms with Crippen molar-refractivity contribution in [3.63, 3.8) is 0 Å². The van der Waals surface area contributed by atoms with Crippen molar-refractivity contribution < 1.29 is 13.9 Å². The Bertz CT molecular complexity index is 432. The minimum atomic E-state index is -0.356. The summed E-state index contributed by atoms with van der Waals surface area (Å²) in [5.74, 6) is 0.998. The van der Waals surface area contributed by atoms with Gasteiger partial charge in [0.1, 0.15) is 17.9 Å². The predicted molar refractivity (Wildman–Crippen MR) is 65.5 cm³/mol. The molecule has 0 fully saturated rings. The zero-order chi connectivity index (χ0) is 13.5. The van der Waals surface area contributed by atoms with E-state index in [2.05, 4.69) is 5.32 Å². The van der Waals surface area contributed by atoms with Gasteiger partial charge in [0, 0.05) is 0 Å². The fourth-order valence-electron chi connectivity index (χ4n) is 1.63. The molecule has 1 rings (SSSR count). The highest BCUT2D eigenvalue weighted by molar-refractivity contribution is 5.75. The molecule has 18 heavy (non-hydrogen) atoms. The van der Waals surface area contributed by atoms with E-state index >= 15 is 0 Å². The topological polar surface area (TPSA) is 75.3 Å². The Labute approximate surface area is 107 Å². The van der Waals surface area contributed by atoms with Crippen molar-refractivity contribution in [2.45, 2.75) is 32.9 Å². The molecule has 1 N–H and O–H groups in total. The SMILES string of the molecule is COC(=O)C(CC(C)C)NCc1ccc(C#N)o1. The number of methoxy groups -OCH3 is 1. The Morgan fingerprint density at radius 1 is 1.56 bits per heavy atom. The first-order chi connectivity index (χ1) is 8.56. The van der Waals surface area contributed by atoms with Gasteiger partial charge in [0.15, 0.2) is 0 Å². The Morgan fingerprint density at radius 3 is 2.78 bits per heavy atom. The van der Waals surface area contributed by atoms with E-state index in [0.717, 1.165) is 0 Å². The number of carbonyl (C=O) groups is 1. The molecule has 1 aromatic heterocycles. The maximum Gasteiger partial charge on any atom is 0.322 e. The zero-order valence-corrected chi connectivity index (χ0v) is 10.9. The highest BCUT2D eigenvalue weighted by Gasteiger charge is 2.20. The van der Waals surface area contributed by atoms with Gasteiger partial charge in [-0.2, -0.15) is 5.26 Å². The average molecular weight is 250 g/mol. The van der Waals surface area contributed by atoms with Gasteiger partial charge in [-0.25, -0.2) is 0 Å². The van der Waals surface area contributed by atoms with Crippen molar-refractivity contribution in [3.05, 3.63) is 23.7 Å². The van der Waals surface area contributed by atoms with Crippen molar-refractivity contribution in [2.24, 2.45) is 5.92 Å². The second-order valence-electron chi connectivity index (χ2n) is 4.46. The normalized spacial score (nSPS) is 12.2. The van der Waals surface area contributed by atoms with Gasteiger partial charge in [0.2, 0.25) is 5.76 Å².